The molecule has 0 N–H and O–H groups in total. The summed E-state index contributed by atoms with van der Waals surface area (Å²) in [7, 11) is 0. The predicted octanol–water partition coefficient (Wildman–Crippen LogP) is 6.98. The fourth-order valence-corrected chi connectivity index (χ4v) is 6.43. The Balaban J connectivity index is 1.51. The Morgan fingerprint density at radius 2 is 1.24 bits per heavy atom. The van der Waals surface area contributed by atoms with E-state index in [1.54, 1.807) is 0 Å². The first-order valence-electron chi connectivity index (χ1n) is 11.3. The number of benzene rings is 5. The summed E-state index contributed by atoms with van der Waals surface area (Å²) >= 11 is 1.88. The van der Waals surface area contributed by atoms with Gasteiger partial charge in [-0.3, -0.25) is 0 Å². The van der Waals surface area contributed by atoms with Crippen LogP contribution in [-0.4, -0.2) is 6.85 Å². The van der Waals surface area contributed by atoms with E-state index in [2.05, 4.69) is 126 Å². The van der Waals surface area contributed by atoms with E-state index in [4.69, 9.17) is 0 Å². The third-order valence-electron chi connectivity index (χ3n) is 6.72. The maximum atomic E-state index is 2.52. The van der Waals surface area contributed by atoms with Crippen molar-refractivity contribution in [2.45, 2.75) is 0 Å². The average Bonchev–Trinajstić information content (AvgIpc) is 3.26. The summed E-state index contributed by atoms with van der Waals surface area (Å²) in [5.74, 6) is 0. The highest BCUT2D eigenvalue weighted by Gasteiger charge is 2.36. The lowest BCUT2D eigenvalue weighted by Gasteiger charge is -2.39. The minimum absolute atomic E-state index is 0.115. The molecule has 0 fully saturated rings. The van der Waals surface area contributed by atoms with Gasteiger partial charge >= 0.3 is 6.85 Å². The molecule has 1 aliphatic heterocycles. The number of thiophene rings is 1. The van der Waals surface area contributed by atoms with Crippen LogP contribution in [0.5, 0.6) is 0 Å². The van der Waals surface area contributed by atoms with E-state index in [9.17, 15) is 0 Å². The average molecular weight is 437 g/mol. The fourth-order valence-electron chi connectivity index (χ4n) is 5.29. The summed E-state index contributed by atoms with van der Waals surface area (Å²) in [4.78, 5) is 2.52. The molecule has 1 aromatic heterocycles. The molecule has 0 amide bonds. The summed E-state index contributed by atoms with van der Waals surface area (Å²) in [5, 5.41) is 2.68. The molecule has 0 saturated heterocycles. The van der Waals surface area contributed by atoms with Gasteiger partial charge in [0.2, 0.25) is 0 Å². The zero-order valence-corrected chi connectivity index (χ0v) is 18.8. The molecule has 5 aromatic carbocycles. The topological polar surface area (TPSA) is 3.24 Å². The van der Waals surface area contributed by atoms with Crippen molar-refractivity contribution in [3.05, 3.63) is 121 Å². The van der Waals surface area contributed by atoms with Crippen molar-refractivity contribution in [1.82, 2.24) is 0 Å². The largest absolute Gasteiger partial charge is 0.376 e. The molecule has 0 bridgehead atoms. The van der Waals surface area contributed by atoms with Gasteiger partial charge in [0.25, 0.3) is 0 Å². The molecular weight excluding hydrogens is 417 g/mol. The SMILES string of the molecule is c1ccc(B2c3ccccc3-c3ccccc3N2c2ccc3c(c2)sc2ccccc23)cc1. The van der Waals surface area contributed by atoms with Crippen LogP contribution in [0.25, 0.3) is 31.3 Å². The Bertz CT molecular complexity index is 1640. The highest BCUT2D eigenvalue weighted by Crippen LogP contribution is 2.42. The quantitative estimate of drug-likeness (QED) is 0.264. The van der Waals surface area contributed by atoms with Crippen molar-refractivity contribution in [3.8, 4) is 11.1 Å². The van der Waals surface area contributed by atoms with Crippen LogP contribution >= 0.6 is 11.3 Å². The van der Waals surface area contributed by atoms with Crippen LogP contribution in [0.2, 0.25) is 0 Å². The molecule has 2 heterocycles. The van der Waals surface area contributed by atoms with Crippen molar-refractivity contribution < 1.29 is 0 Å². The summed E-state index contributed by atoms with van der Waals surface area (Å²) in [6.45, 7) is 0.115. The second-order valence-electron chi connectivity index (χ2n) is 8.57. The van der Waals surface area contributed by atoms with Crippen LogP contribution in [0, 0.1) is 0 Å². The molecule has 0 unspecified atom stereocenters. The molecule has 0 radical (unpaired) electrons. The molecule has 6 aromatic rings. The highest BCUT2D eigenvalue weighted by atomic mass is 32.1. The predicted molar refractivity (Wildman–Crippen MR) is 145 cm³/mol. The van der Waals surface area contributed by atoms with Gasteiger partial charge in [-0.25, -0.2) is 0 Å². The van der Waals surface area contributed by atoms with Crippen LogP contribution in [-0.2, 0) is 0 Å². The lowest BCUT2D eigenvalue weighted by molar-refractivity contribution is 1.37. The first kappa shape index (κ1) is 18.7. The molecular formula is C30H20BNS. The lowest BCUT2D eigenvalue weighted by Crippen LogP contribution is -2.57. The second kappa shape index (κ2) is 7.36. The molecule has 3 heteroatoms. The Morgan fingerprint density at radius 1 is 0.545 bits per heavy atom. The van der Waals surface area contributed by atoms with Crippen LogP contribution < -0.4 is 15.7 Å². The first-order chi connectivity index (χ1) is 16.4. The molecule has 33 heavy (non-hydrogen) atoms. The van der Waals surface area contributed by atoms with Gasteiger partial charge in [-0.2, -0.15) is 0 Å². The minimum Gasteiger partial charge on any atom is -0.376 e. The van der Waals surface area contributed by atoms with Crippen molar-refractivity contribution in [2.24, 2.45) is 0 Å². The summed E-state index contributed by atoms with van der Waals surface area (Å²) in [5.41, 5.74) is 7.74. The van der Waals surface area contributed by atoms with Gasteiger partial charge in [-0.15, -0.1) is 11.3 Å². The van der Waals surface area contributed by atoms with Crippen molar-refractivity contribution in [3.63, 3.8) is 0 Å². The van der Waals surface area contributed by atoms with Gasteiger partial charge in [0, 0.05) is 37.1 Å². The Hall–Kier alpha value is -3.82. The number of para-hydroxylation sites is 1. The van der Waals surface area contributed by atoms with Crippen molar-refractivity contribution >= 4 is 60.7 Å². The van der Waals surface area contributed by atoms with E-state index < -0.39 is 0 Å². The second-order valence-corrected chi connectivity index (χ2v) is 9.65. The zero-order chi connectivity index (χ0) is 21.8. The zero-order valence-electron chi connectivity index (χ0n) is 18.0. The molecule has 1 nitrogen and oxygen atoms in total. The fraction of sp³-hybridized carbons (Fsp3) is 0. The molecule has 0 saturated carbocycles. The summed E-state index contributed by atoms with van der Waals surface area (Å²) in [6, 6.07) is 44.2. The number of rotatable bonds is 2. The Labute approximate surface area is 197 Å². The smallest absolute Gasteiger partial charge is 0.328 e. The van der Waals surface area contributed by atoms with Crippen LogP contribution in [0.4, 0.5) is 11.4 Å². The van der Waals surface area contributed by atoms with E-state index in [0.717, 1.165) is 0 Å². The van der Waals surface area contributed by atoms with Crippen molar-refractivity contribution in [2.75, 3.05) is 4.81 Å². The standard InChI is InChI=1S/C30H20BNS/c1-2-10-21(11-3-1)31-27-15-7-4-12-23(27)24-13-5-8-16-28(24)32(31)22-18-19-26-25-14-6-9-17-29(25)33-30(26)20-22/h1-20H. The Morgan fingerprint density at radius 3 is 2.15 bits per heavy atom. The number of nitrogens with zero attached hydrogens (tertiary/aromatic N) is 1. The number of fused-ring (bicyclic) bond motifs is 6. The van der Waals surface area contributed by atoms with Gasteiger partial charge in [0.15, 0.2) is 0 Å². The maximum Gasteiger partial charge on any atom is 0.328 e. The number of hydrogen-bond donors (Lipinski definition) is 0. The molecule has 154 valence electrons. The van der Waals surface area contributed by atoms with E-state index in [0.29, 0.717) is 0 Å². The van der Waals surface area contributed by atoms with Gasteiger partial charge in [0.1, 0.15) is 0 Å². The summed E-state index contributed by atoms with van der Waals surface area (Å²) < 4.78 is 2.67. The lowest BCUT2D eigenvalue weighted by atomic mass is 9.46. The molecule has 7 rings (SSSR count). The molecule has 1 aliphatic rings. The Kier molecular flexibility index (Phi) is 4.18. The third kappa shape index (κ3) is 2.86. The van der Waals surface area contributed by atoms with Crippen molar-refractivity contribution in [1.29, 1.82) is 0 Å². The number of anilines is 2. The first-order valence-corrected chi connectivity index (χ1v) is 12.1. The molecule has 0 spiro atoms. The third-order valence-corrected chi connectivity index (χ3v) is 7.86. The van der Waals surface area contributed by atoms with Crippen LogP contribution in [0.15, 0.2) is 121 Å². The van der Waals surface area contributed by atoms with E-state index >= 15 is 0 Å². The van der Waals surface area contributed by atoms with Gasteiger partial charge < -0.3 is 4.81 Å². The molecule has 0 aliphatic carbocycles. The van der Waals surface area contributed by atoms with Crippen LogP contribution in [0.1, 0.15) is 0 Å². The monoisotopic (exact) mass is 437 g/mol. The van der Waals surface area contributed by atoms with E-state index in [-0.39, 0.29) is 6.85 Å². The van der Waals surface area contributed by atoms with Gasteiger partial charge in [-0.05, 0) is 35.3 Å². The van der Waals surface area contributed by atoms with Gasteiger partial charge in [-0.1, -0.05) is 103 Å². The van der Waals surface area contributed by atoms with Gasteiger partial charge in [0.05, 0.1) is 0 Å². The highest BCUT2D eigenvalue weighted by molar-refractivity contribution is 7.25. The summed E-state index contributed by atoms with van der Waals surface area (Å²) in [6.07, 6.45) is 0. The minimum atomic E-state index is 0.115. The maximum absolute atomic E-state index is 2.52. The molecule has 0 atom stereocenters. The van der Waals surface area contributed by atoms with E-state index in [1.807, 2.05) is 11.3 Å². The van der Waals surface area contributed by atoms with Crippen LogP contribution in [0.3, 0.4) is 0 Å². The number of hydrogen-bond acceptors (Lipinski definition) is 2. The van der Waals surface area contributed by atoms with E-state index in [1.165, 1.54) is 53.6 Å². The normalized spacial score (nSPS) is 12.7.